The van der Waals surface area contributed by atoms with Crippen molar-refractivity contribution in [3.8, 4) is 0 Å². The summed E-state index contributed by atoms with van der Waals surface area (Å²) in [6.07, 6.45) is 3.69. The zero-order valence-electron chi connectivity index (χ0n) is 10.8. The largest absolute Gasteiger partial charge is 0.469 e. The third-order valence-corrected chi connectivity index (χ3v) is 3.78. The Bertz CT molecular complexity index is 511. The minimum Gasteiger partial charge on any atom is -0.469 e. The third kappa shape index (κ3) is 4.57. The van der Waals surface area contributed by atoms with E-state index in [1.165, 1.54) is 0 Å². The average Bonchev–Trinajstić information content (AvgIpc) is 2.91. The second kappa shape index (κ2) is 6.99. The highest BCUT2D eigenvalue weighted by Crippen LogP contribution is 2.22. The van der Waals surface area contributed by atoms with Gasteiger partial charge in [-0.15, -0.1) is 0 Å². The van der Waals surface area contributed by atoms with E-state index in [-0.39, 0.29) is 0 Å². The maximum absolute atomic E-state index is 5.99. The van der Waals surface area contributed by atoms with Crippen LogP contribution in [0.25, 0.3) is 0 Å². The van der Waals surface area contributed by atoms with Gasteiger partial charge in [0.2, 0.25) is 0 Å². The Morgan fingerprint density at radius 1 is 1.21 bits per heavy atom. The van der Waals surface area contributed by atoms with Crippen LogP contribution in [0.15, 0.2) is 41.0 Å². The van der Waals surface area contributed by atoms with E-state index in [1.807, 2.05) is 30.3 Å². The van der Waals surface area contributed by atoms with Gasteiger partial charge < -0.3 is 9.73 Å². The average molecular weight is 298 g/mol. The van der Waals surface area contributed by atoms with Gasteiger partial charge in [-0.2, -0.15) is 0 Å². The molecular weight excluding hydrogens is 281 g/mol. The van der Waals surface area contributed by atoms with Crippen LogP contribution in [0, 0.1) is 0 Å². The lowest BCUT2D eigenvalue weighted by Gasteiger charge is -2.13. The molecular formula is C15H17Cl2NO. The molecule has 0 saturated carbocycles. The monoisotopic (exact) mass is 297 g/mol. The fraction of sp³-hybridized carbons (Fsp3) is 0.333. The lowest BCUT2D eigenvalue weighted by molar-refractivity contribution is 0.460. The predicted octanol–water partition coefficient (Wildman–Crippen LogP) is 4.70. The molecule has 1 N–H and O–H groups in total. The van der Waals surface area contributed by atoms with E-state index < -0.39 is 0 Å². The zero-order valence-corrected chi connectivity index (χ0v) is 12.3. The first-order chi connectivity index (χ1) is 9.15. The highest BCUT2D eigenvalue weighted by atomic mass is 35.5. The molecule has 2 rings (SSSR count). The van der Waals surface area contributed by atoms with Gasteiger partial charge in [0.15, 0.2) is 0 Å². The number of aryl methyl sites for hydroxylation is 1. The minimum atomic E-state index is 0.416. The SMILES string of the molecule is CC(CCc1ccco1)NCc1ccc(Cl)c(Cl)c1. The normalized spacial score (nSPS) is 12.6. The molecule has 0 fully saturated rings. The van der Waals surface area contributed by atoms with Gasteiger partial charge in [-0.1, -0.05) is 29.3 Å². The Labute approximate surface area is 123 Å². The lowest BCUT2D eigenvalue weighted by atomic mass is 10.1. The summed E-state index contributed by atoms with van der Waals surface area (Å²) < 4.78 is 5.32. The molecule has 1 unspecified atom stereocenters. The summed E-state index contributed by atoms with van der Waals surface area (Å²) in [5, 5.41) is 4.66. The van der Waals surface area contributed by atoms with E-state index in [4.69, 9.17) is 27.6 Å². The van der Waals surface area contributed by atoms with Crippen molar-refractivity contribution < 1.29 is 4.42 Å². The first kappa shape index (κ1) is 14.4. The summed E-state index contributed by atoms with van der Waals surface area (Å²) in [5.74, 6) is 1.03. The van der Waals surface area contributed by atoms with Gasteiger partial charge in [0.1, 0.15) is 5.76 Å². The van der Waals surface area contributed by atoms with Crippen molar-refractivity contribution in [2.24, 2.45) is 0 Å². The molecule has 0 bridgehead atoms. The summed E-state index contributed by atoms with van der Waals surface area (Å²) in [4.78, 5) is 0. The number of furan rings is 1. The van der Waals surface area contributed by atoms with Gasteiger partial charge >= 0.3 is 0 Å². The van der Waals surface area contributed by atoms with Crippen LogP contribution in [0.4, 0.5) is 0 Å². The summed E-state index contributed by atoms with van der Waals surface area (Å²) >= 11 is 11.9. The van der Waals surface area contributed by atoms with Crippen LogP contribution in [0.1, 0.15) is 24.7 Å². The van der Waals surface area contributed by atoms with Gasteiger partial charge in [-0.25, -0.2) is 0 Å². The van der Waals surface area contributed by atoms with Crippen molar-refractivity contribution in [3.05, 3.63) is 58.0 Å². The van der Waals surface area contributed by atoms with E-state index in [9.17, 15) is 0 Å². The van der Waals surface area contributed by atoms with Crippen LogP contribution in [0.5, 0.6) is 0 Å². The number of halogens is 2. The zero-order chi connectivity index (χ0) is 13.7. The molecule has 1 atom stereocenters. The maximum Gasteiger partial charge on any atom is 0.103 e. The molecule has 1 aromatic carbocycles. The van der Waals surface area contributed by atoms with Crippen LogP contribution in [-0.4, -0.2) is 6.04 Å². The summed E-state index contributed by atoms with van der Waals surface area (Å²) in [7, 11) is 0. The second-order valence-electron chi connectivity index (χ2n) is 4.65. The molecule has 0 spiro atoms. The molecule has 1 aromatic heterocycles. The fourth-order valence-electron chi connectivity index (χ4n) is 1.86. The summed E-state index contributed by atoms with van der Waals surface area (Å²) in [5.41, 5.74) is 1.14. The molecule has 0 aliphatic heterocycles. The minimum absolute atomic E-state index is 0.416. The topological polar surface area (TPSA) is 25.2 Å². The van der Waals surface area contributed by atoms with Crippen molar-refractivity contribution in [2.75, 3.05) is 0 Å². The highest BCUT2D eigenvalue weighted by Gasteiger charge is 2.05. The molecule has 0 amide bonds. The van der Waals surface area contributed by atoms with E-state index >= 15 is 0 Å². The van der Waals surface area contributed by atoms with E-state index in [0.29, 0.717) is 16.1 Å². The number of benzene rings is 1. The van der Waals surface area contributed by atoms with Crippen molar-refractivity contribution in [1.82, 2.24) is 5.32 Å². The van der Waals surface area contributed by atoms with E-state index in [2.05, 4.69) is 12.2 Å². The molecule has 0 radical (unpaired) electrons. The molecule has 0 saturated heterocycles. The Morgan fingerprint density at radius 3 is 2.74 bits per heavy atom. The number of nitrogens with one attached hydrogen (secondary N) is 1. The van der Waals surface area contributed by atoms with Gasteiger partial charge in [0, 0.05) is 19.0 Å². The van der Waals surface area contributed by atoms with Gasteiger partial charge in [0.25, 0.3) is 0 Å². The highest BCUT2D eigenvalue weighted by molar-refractivity contribution is 6.42. The van der Waals surface area contributed by atoms with Gasteiger partial charge in [-0.3, -0.25) is 0 Å². The van der Waals surface area contributed by atoms with Crippen molar-refractivity contribution in [3.63, 3.8) is 0 Å². The van der Waals surface area contributed by atoms with Crippen molar-refractivity contribution in [1.29, 1.82) is 0 Å². The molecule has 2 aromatic rings. The summed E-state index contributed by atoms with van der Waals surface area (Å²) in [6.45, 7) is 2.96. The number of hydrogen-bond donors (Lipinski definition) is 1. The molecule has 0 aliphatic carbocycles. The standard InChI is InChI=1S/C15H17Cl2NO/c1-11(4-6-13-3-2-8-19-13)18-10-12-5-7-14(16)15(17)9-12/h2-3,5,7-9,11,18H,4,6,10H2,1H3. The molecule has 1 heterocycles. The smallest absolute Gasteiger partial charge is 0.103 e. The predicted molar refractivity (Wildman–Crippen MR) is 79.8 cm³/mol. The molecule has 19 heavy (non-hydrogen) atoms. The van der Waals surface area contributed by atoms with Crippen LogP contribution >= 0.6 is 23.2 Å². The molecule has 0 aliphatic rings. The Hall–Kier alpha value is -0.960. The van der Waals surface area contributed by atoms with E-state index in [0.717, 1.165) is 30.7 Å². The summed E-state index contributed by atoms with van der Waals surface area (Å²) in [6, 6.07) is 10.1. The second-order valence-corrected chi connectivity index (χ2v) is 5.46. The van der Waals surface area contributed by atoms with Crippen LogP contribution in [0.2, 0.25) is 10.0 Å². The van der Waals surface area contributed by atoms with Crippen molar-refractivity contribution in [2.45, 2.75) is 32.4 Å². The third-order valence-electron chi connectivity index (χ3n) is 3.04. The molecule has 102 valence electrons. The first-order valence-electron chi connectivity index (χ1n) is 6.35. The van der Waals surface area contributed by atoms with Crippen molar-refractivity contribution >= 4 is 23.2 Å². The maximum atomic E-state index is 5.99. The van der Waals surface area contributed by atoms with E-state index in [1.54, 1.807) is 6.26 Å². The number of hydrogen-bond acceptors (Lipinski definition) is 2. The quantitative estimate of drug-likeness (QED) is 0.836. The Balaban J connectivity index is 1.76. The number of rotatable bonds is 6. The fourth-order valence-corrected chi connectivity index (χ4v) is 2.18. The lowest BCUT2D eigenvalue weighted by Crippen LogP contribution is -2.25. The van der Waals surface area contributed by atoms with Gasteiger partial charge in [-0.05, 0) is 43.2 Å². The molecule has 2 nitrogen and oxygen atoms in total. The first-order valence-corrected chi connectivity index (χ1v) is 7.10. The van der Waals surface area contributed by atoms with Gasteiger partial charge in [0.05, 0.1) is 16.3 Å². The Kier molecular flexibility index (Phi) is 5.32. The van der Waals surface area contributed by atoms with Crippen LogP contribution < -0.4 is 5.32 Å². The molecule has 4 heteroatoms. The Morgan fingerprint density at radius 2 is 2.05 bits per heavy atom. The van der Waals surface area contributed by atoms with Crippen LogP contribution in [-0.2, 0) is 13.0 Å². The van der Waals surface area contributed by atoms with Crippen LogP contribution in [0.3, 0.4) is 0 Å².